The van der Waals surface area contributed by atoms with Gasteiger partial charge in [0.25, 0.3) is 11.6 Å². The highest BCUT2D eigenvalue weighted by Gasteiger charge is 2.32. The average molecular weight is 299 g/mol. The number of rotatable bonds is 3. The quantitative estimate of drug-likeness (QED) is 0.641. The molecule has 1 amide bonds. The van der Waals surface area contributed by atoms with Gasteiger partial charge in [-0.05, 0) is 30.7 Å². The van der Waals surface area contributed by atoms with Crippen LogP contribution in [-0.2, 0) is 11.3 Å². The van der Waals surface area contributed by atoms with E-state index in [0.29, 0.717) is 18.0 Å². The van der Waals surface area contributed by atoms with Crippen LogP contribution in [0.5, 0.6) is 5.75 Å². The third-order valence-electron chi connectivity index (χ3n) is 3.45. The Balaban J connectivity index is 2.03. The number of anilines is 1. The van der Waals surface area contributed by atoms with Crippen molar-refractivity contribution in [2.75, 3.05) is 4.90 Å². The van der Waals surface area contributed by atoms with E-state index in [2.05, 4.69) is 4.98 Å². The highest BCUT2D eigenvalue weighted by molar-refractivity contribution is 6.00. The molecule has 1 atom stereocenters. The van der Waals surface area contributed by atoms with Gasteiger partial charge in [-0.2, -0.15) is 0 Å². The van der Waals surface area contributed by atoms with Crippen LogP contribution in [-0.4, -0.2) is 21.9 Å². The number of carbonyl (C=O) groups excluding carboxylic acids is 1. The third-order valence-corrected chi connectivity index (χ3v) is 3.45. The van der Waals surface area contributed by atoms with Crippen LogP contribution < -0.4 is 9.64 Å². The van der Waals surface area contributed by atoms with Gasteiger partial charge in [-0.3, -0.25) is 19.9 Å². The highest BCUT2D eigenvalue weighted by Crippen LogP contribution is 2.37. The summed E-state index contributed by atoms with van der Waals surface area (Å²) in [6, 6.07) is 7.84. The van der Waals surface area contributed by atoms with Gasteiger partial charge in [-0.1, -0.05) is 0 Å². The average Bonchev–Trinajstić information content (AvgIpc) is 2.52. The van der Waals surface area contributed by atoms with Crippen LogP contribution in [0.1, 0.15) is 12.5 Å². The van der Waals surface area contributed by atoms with E-state index < -0.39 is 11.0 Å². The Kier molecular flexibility index (Phi) is 3.46. The third kappa shape index (κ3) is 2.48. The predicted molar refractivity (Wildman–Crippen MR) is 78.6 cm³/mol. The largest absolute Gasteiger partial charge is 0.479 e. The van der Waals surface area contributed by atoms with E-state index in [1.807, 2.05) is 0 Å². The molecule has 0 N–H and O–H groups in total. The maximum absolute atomic E-state index is 12.4. The van der Waals surface area contributed by atoms with E-state index in [-0.39, 0.29) is 11.6 Å². The van der Waals surface area contributed by atoms with Gasteiger partial charge in [0, 0.05) is 24.5 Å². The molecule has 0 radical (unpaired) electrons. The van der Waals surface area contributed by atoms with Crippen molar-refractivity contribution in [3.05, 3.63) is 58.4 Å². The minimum Gasteiger partial charge on any atom is -0.479 e. The Bertz CT molecular complexity index is 733. The monoisotopic (exact) mass is 299 g/mol. The zero-order chi connectivity index (χ0) is 15.7. The maximum Gasteiger partial charge on any atom is 0.271 e. The summed E-state index contributed by atoms with van der Waals surface area (Å²) in [4.78, 5) is 28.3. The first-order chi connectivity index (χ1) is 10.6. The molecule has 0 fully saturated rings. The van der Waals surface area contributed by atoms with E-state index in [1.54, 1.807) is 31.5 Å². The number of fused-ring (bicyclic) bond motifs is 1. The fourth-order valence-corrected chi connectivity index (χ4v) is 2.34. The predicted octanol–water partition coefficient (Wildman–Crippen LogP) is 2.30. The molecule has 22 heavy (non-hydrogen) atoms. The van der Waals surface area contributed by atoms with Crippen molar-refractivity contribution in [2.24, 2.45) is 0 Å². The number of hydrogen-bond donors (Lipinski definition) is 0. The van der Waals surface area contributed by atoms with Crippen molar-refractivity contribution in [3.63, 3.8) is 0 Å². The second-order valence-corrected chi connectivity index (χ2v) is 4.95. The number of pyridine rings is 1. The minimum absolute atomic E-state index is 0.0792. The number of nitro groups is 1. The molecule has 0 bridgehead atoms. The Hall–Kier alpha value is -2.96. The number of nitrogens with zero attached hydrogens (tertiary/aromatic N) is 3. The smallest absolute Gasteiger partial charge is 0.271 e. The van der Waals surface area contributed by atoms with Crippen LogP contribution in [0.3, 0.4) is 0 Å². The van der Waals surface area contributed by atoms with Crippen LogP contribution in [0.2, 0.25) is 0 Å². The standard InChI is InChI=1S/C15H13N3O4/c1-10-15(19)17(9-11-4-6-16-7-5-11)13-8-12(18(20)21)2-3-14(13)22-10/h2-8,10H,9H2,1H3. The molecule has 1 unspecified atom stereocenters. The van der Waals surface area contributed by atoms with Crippen molar-refractivity contribution in [1.82, 2.24) is 4.98 Å². The maximum atomic E-state index is 12.4. The molecule has 3 rings (SSSR count). The molecule has 2 aromatic rings. The minimum atomic E-state index is -0.629. The van der Waals surface area contributed by atoms with Crippen molar-refractivity contribution in [3.8, 4) is 5.75 Å². The van der Waals surface area contributed by atoms with E-state index in [0.717, 1.165) is 5.56 Å². The number of non-ortho nitro benzene ring substituents is 1. The Morgan fingerprint density at radius 2 is 2.05 bits per heavy atom. The summed E-state index contributed by atoms with van der Waals surface area (Å²) >= 11 is 0. The molecule has 7 nitrogen and oxygen atoms in total. The van der Waals surface area contributed by atoms with Gasteiger partial charge in [0.05, 0.1) is 17.2 Å². The Morgan fingerprint density at radius 1 is 1.32 bits per heavy atom. The zero-order valence-electron chi connectivity index (χ0n) is 11.8. The van der Waals surface area contributed by atoms with Gasteiger partial charge in [-0.25, -0.2) is 0 Å². The summed E-state index contributed by atoms with van der Waals surface area (Å²) < 4.78 is 5.52. The molecule has 1 aliphatic heterocycles. The van der Waals surface area contributed by atoms with Crippen molar-refractivity contribution < 1.29 is 14.5 Å². The summed E-state index contributed by atoms with van der Waals surface area (Å²) in [5.74, 6) is 0.233. The van der Waals surface area contributed by atoms with E-state index in [4.69, 9.17) is 4.74 Å². The van der Waals surface area contributed by atoms with Gasteiger partial charge in [0.1, 0.15) is 5.75 Å². The van der Waals surface area contributed by atoms with Gasteiger partial charge in [-0.15, -0.1) is 0 Å². The summed E-state index contributed by atoms with van der Waals surface area (Å²) in [7, 11) is 0. The molecule has 0 saturated heterocycles. The van der Waals surface area contributed by atoms with Crippen LogP contribution in [0.4, 0.5) is 11.4 Å². The first-order valence-electron chi connectivity index (χ1n) is 6.71. The number of benzene rings is 1. The fraction of sp³-hybridized carbons (Fsp3) is 0.200. The van der Waals surface area contributed by atoms with Crippen molar-refractivity contribution >= 4 is 17.3 Å². The van der Waals surface area contributed by atoms with Gasteiger partial charge < -0.3 is 9.64 Å². The second-order valence-electron chi connectivity index (χ2n) is 4.95. The van der Waals surface area contributed by atoms with Crippen LogP contribution >= 0.6 is 0 Å². The summed E-state index contributed by atoms with van der Waals surface area (Å²) in [5, 5.41) is 11.0. The number of nitro benzene ring substituents is 1. The number of hydrogen-bond acceptors (Lipinski definition) is 5. The lowest BCUT2D eigenvalue weighted by atomic mass is 10.1. The van der Waals surface area contributed by atoms with Gasteiger partial charge in [0.2, 0.25) is 0 Å². The van der Waals surface area contributed by atoms with Crippen LogP contribution in [0.25, 0.3) is 0 Å². The summed E-state index contributed by atoms with van der Waals surface area (Å²) in [5.41, 5.74) is 1.22. The molecule has 0 spiro atoms. The fourth-order valence-electron chi connectivity index (χ4n) is 2.34. The summed E-state index contributed by atoms with van der Waals surface area (Å²) in [6.45, 7) is 1.97. The number of carbonyl (C=O) groups is 1. The lowest BCUT2D eigenvalue weighted by molar-refractivity contribution is -0.384. The topological polar surface area (TPSA) is 85.6 Å². The Labute approximate surface area is 126 Å². The summed E-state index contributed by atoms with van der Waals surface area (Å²) in [6.07, 6.45) is 2.64. The molecular formula is C15H13N3O4. The first-order valence-corrected chi connectivity index (χ1v) is 6.71. The van der Waals surface area contributed by atoms with Gasteiger partial charge >= 0.3 is 0 Å². The molecule has 1 aromatic carbocycles. The molecule has 0 aliphatic carbocycles. The first kappa shape index (κ1) is 14.0. The Morgan fingerprint density at radius 3 is 2.73 bits per heavy atom. The molecular weight excluding hydrogens is 286 g/mol. The van der Waals surface area contributed by atoms with E-state index >= 15 is 0 Å². The molecule has 1 aromatic heterocycles. The van der Waals surface area contributed by atoms with E-state index in [9.17, 15) is 14.9 Å². The number of aromatic nitrogens is 1. The number of ether oxygens (including phenoxy) is 1. The molecule has 112 valence electrons. The van der Waals surface area contributed by atoms with Crippen molar-refractivity contribution in [2.45, 2.75) is 19.6 Å². The van der Waals surface area contributed by atoms with E-state index in [1.165, 1.54) is 23.1 Å². The van der Waals surface area contributed by atoms with Crippen molar-refractivity contribution in [1.29, 1.82) is 0 Å². The SMILES string of the molecule is CC1Oc2ccc([N+](=O)[O-])cc2N(Cc2ccncc2)C1=O. The molecule has 2 heterocycles. The van der Waals surface area contributed by atoms with Gasteiger partial charge in [0.15, 0.2) is 6.10 Å². The molecule has 0 saturated carbocycles. The van der Waals surface area contributed by atoms with Crippen LogP contribution in [0.15, 0.2) is 42.7 Å². The molecule has 7 heteroatoms. The lowest BCUT2D eigenvalue weighted by Gasteiger charge is -2.32. The number of amides is 1. The second kappa shape index (κ2) is 5.44. The molecule has 1 aliphatic rings. The highest BCUT2D eigenvalue weighted by atomic mass is 16.6. The lowest BCUT2D eigenvalue weighted by Crippen LogP contribution is -2.44. The van der Waals surface area contributed by atoms with Crippen LogP contribution in [0, 0.1) is 10.1 Å². The zero-order valence-corrected chi connectivity index (χ0v) is 11.8. The normalized spacial score (nSPS) is 16.9.